The van der Waals surface area contributed by atoms with Crippen LogP contribution < -0.4 is 4.74 Å². The van der Waals surface area contributed by atoms with Gasteiger partial charge in [-0.05, 0) is 12.1 Å². The minimum absolute atomic E-state index is 0.153. The van der Waals surface area contributed by atoms with Gasteiger partial charge in [-0.3, -0.25) is 4.79 Å². The highest BCUT2D eigenvalue weighted by Crippen LogP contribution is 2.33. The van der Waals surface area contributed by atoms with Crippen LogP contribution in [-0.2, 0) is 13.0 Å². The van der Waals surface area contributed by atoms with Gasteiger partial charge < -0.3 is 19.0 Å². The molecule has 6 nitrogen and oxygen atoms in total. The van der Waals surface area contributed by atoms with Crippen molar-refractivity contribution < 1.29 is 13.9 Å². The Morgan fingerprint density at radius 2 is 2.30 bits per heavy atom. The van der Waals surface area contributed by atoms with Gasteiger partial charge in [0.05, 0.1) is 31.4 Å². The second-order valence-corrected chi connectivity index (χ2v) is 5.88. The standard InChI is InChI=1S/C16H14ClN3O3/c1-22-13-6-10(17)4-9-5-14(23-15(9)13)16(21)20-3-2-11-12(7-20)19-8-18-11/h4-6,8H,2-3,7H2,1H3,(H,18,19). The number of nitrogens with zero attached hydrogens (tertiary/aromatic N) is 2. The summed E-state index contributed by atoms with van der Waals surface area (Å²) in [6.07, 6.45) is 2.40. The number of aromatic nitrogens is 2. The fourth-order valence-electron chi connectivity index (χ4n) is 2.88. The Morgan fingerprint density at radius 3 is 3.13 bits per heavy atom. The Bertz CT molecular complexity index is 899. The van der Waals surface area contributed by atoms with E-state index in [1.54, 1.807) is 36.5 Å². The van der Waals surface area contributed by atoms with Crippen molar-refractivity contribution in [1.29, 1.82) is 0 Å². The molecule has 1 aliphatic heterocycles. The first-order valence-electron chi connectivity index (χ1n) is 7.23. The summed E-state index contributed by atoms with van der Waals surface area (Å²) in [4.78, 5) is 21.8. The Balaban J connectivity index is 1.68. The number of imidazole rings is 1. The number of halogens is 1. The summed E-state index contributed by atoms with van der Waals surface area (Å²) >= 11 is 6.06. The number of hydrogen-bond acceptors (Lipinski definition) is 4. The van der Waals surface area contributed by atoms with Gasteiger partial charge in [0.25, 0.3) is 5.91 Å². The molecular weight excluding hydrogens is 318 g/mol. The zero-order chi connectivity index (χ0) is 16.0. The van der Waals surface area contributed by atoms with Crippen molar-refractivity contribution in [3.8, 4) is 5.75 Å². The molecule has 0 unspecified atom stereocenters. The predicted octanol–water partition coefficient (Wildman–Crippen LogP) is 3.02. The summed E-state index contributed by atoms with van der Waals surface area (Å²) in [5.41, 5.74) is 2.52. The van der Waals surface area contributed by atoms with E-state index in [9.17, 15) is 4.79 Å². The lowest BCUT2D eigenvalue weighted by Gasteiger charge is -2.25. The molecule has 0 radical (unpaired) electrons. The third-order valence-electron chi connectivity index (χ3n) is 4.04. The van der Waals surface area contributed by atoms with Crippen LogP contribution in [0.25, 0.3) is 11.0 Å². The molecule has 1 amide bonds. The third-order valence-corrected chi connectivity index (χ3v) is 4.26. The number of ether oxygens (including phenoxy) is 1. The van der Waals surface area contributed by atoms with Gasteiger partial charge in [0.15, 0.2) is 17.1 Å². The number of methoxy groups -OCH3 is 1. The molecule has 0 aliphatic carbocycles. The molecule has 0 atom stereocenters. The van der Waals surface area contributed by atoms with Gasteiger partial charge >= 0.3 is 0 Å². The second kappa shape index (κ2) is 5.31. The van der Waals surface area contributed by atoms with Crippen molar-refractivity contribution in [3.05, 3.63) is 46.7 Å². The van der Waals surface area contributed by atoms with E-state index < -0.39 is 0 Å². The van der Waals surface area contributed by atoms with Crippen molar-refractivity contribution in [2.75, 3.05) is 13.7 Å². The first kappa shape index (κ1) is 14.1. The van der Waals surface area contributed by atoms with Crippen LogP contribution in [0.15, 0.2) is 28.9 Å². The summed E-state index contributed by atoms with van der Waals surface area (Å²) in [6, 6.07) is 5.12. The maximum atomic E-state index is 12.7. The van der Waals surface area contributed by atoms with Crippen LogP contribution in [0.4, 0.5) is 0 Å². The topological polar surface area (TPSA) is 71.4 Å². The van der Waals surface area contributed by atoms with E-state index in [2.05, 4.69) is 9.97 Å². The molecule has 118 valence electrons. The predicted molar refractivity (Wildman–Crippen MR) is 84.8 cm³/mol. The lowest BCUT2D eigenvalue weighted by atomic mass is 10.1. The second-order valence-electron chi connectivity index (χ2n) is 5.44. The molecule has 0 bridgehead atoms. The Kier molecular flexibility index (Phi) is 3.27. The Morgan fingerprint density at radius 1 is 1.43 bits per heavy atom. The highest BCUT2D eigenvalue weighted by atomic mass is 35.5. The fraction of sp³-hybridized carbons (Fsp3) is 0.250. The number of carbonyl (C=O) groups is 1. The molecular formula is C16H14ClN3O3. The van der Waals surface area contributed by atoms with Gasteiger partial charge in [-0.15, -0.1) is 0 Å². The van der Waals surface area contributed by atoms with Crippen LogP contribution in [0, 0.1) is 0 Å². The average molecular weight is 332 g/mol. The molecule has 1 aromatic carbocycles. The zero-order valence-electron chi connectivity index (χ0n) is 12.4. The summed E-state index contributed by atoms with van der Waals surface area (Å²) in [7, 11) is 1.54. The van der Waals surface area contributed by atoms with E-state index in [1.165, 1.54) is 0 Å². The maximum Gasteiger partial charge on any atom is 0.289 e. The lowest BCUT2D eigenvalue weighted by Crippen LogP contribution is -2.35. The van der Waals surface area contributed by atoms with Gasteiger partial charge in [0.1, 0.15) is 0 Å². The van der Waals surface area contributed by atoms with Crippen LogP contribution in [0.2, 0.25) is 5.02 Å². The zero-order valence-corrected chi connectivity index (χ0v) is 13.2. The van der Waals surface area contributed by atoms with Crippen LogP contribution in [-0.4, -0.2) is 34.4 Å². The number of benzene rings is 1. The molecule has 4 rings (SSSR count). The van der Waals surface area contributed by atoms with E-state index in [1.807, 2.05) is 0 Å². The van der Waals surface area contributed by atoms with E-state index >= 15 is 0 Å². The minimum Gasteiger partial charge on any atom is -0.493 e. The molecule has 0 spiro atoms. The quantitative estimate of drug-likeness (QED) is 0.783. The smallest absolute Gasteiger partial charge is 0.289 e. The number of nitrogens with one attached hydrogen (secondary N) is 1. The summed E-state index contributed by atoms with van der Waals surface area (Å²) in [5, 5.41) is 1.28. The molecule has 1 N–H and O–H groups in total. The summed E-state index contributed by atoms with van der Waals surface area (Å²) in [6.45, 7) is 1.12. The molecule has 0 saturated carbocycles. The maximum absolute atomic E-state index is 12.7. The first-order chi connectivity index (χ1) is 11.2. The lowest BCUT2D eigenvalue weighted by molar-refractivity contribution is 0.0702. The van der Waals surface area contributed by atoms with Crippen molar-refractivity contribution in [3.63, 3.8) is 0 Å². The number of fused-ring (bicyclic) bond motifs is 2. The Hall–Kier alpha value is -2.47. The first-order valence-corrected chi connectivity index (χ1v) is 7.61. The van der Waals surface area contributed by atoms with Gasteiger partial charge in [-0.1, -0.05) is 11.6 Å². The van der Waals surface area contributed by atoms with Crippen molar-refractivity contribution >= 4 is 28.5 Å². The third kappa shape index (κ3) is 2.35. The van der Waals surface area contributed by atoms with Crippen molar-refractivity contribution in [1.82, 2.24) is 14.9 Å². The fourth-order valence-corrected chi connectivity index (χ4v) is 3.10. The molecule has 23 heavy (non-hydrogen) atoms. The van der Waals surface area contributed by atoms with E-state index in [0.717, 1.165) is 23.2 Å². The molecule has 1 aliphatic rings. The van der Waals surface area contributed by atoms with Crippen LogP contribution in [0.5, 0.6) is 5.75 Å². The van der Waals surface area contributed by atoms with Gasteiger partial charge in [-0.2, -0.15) is 0 Å². The van der Waals surface area contributed by atoms with Crippen LogP contribution in [0.3, 0.4) is 0 Å². The van der Waals surface area contributed by atoms with Crippen molar-refractivity contribution in [2.45, 2.75) is 13.0 Å². The average Bonchev–Trinajstić information content (AvgIpc) is 3.18. The monoisotopic (exact) mass is 331 g/mol. The molecule has 2 aromatic heterocycles. The molecule has 0 fully saturated rings. The summed E-state index contributed by atoms with van der Waals surface area (Å²) in [5.74, 6) is 0.643. The number of carbonyl (C=O) groups excluding carboxylic acids is 1. The van der Waals surface area contributed by atoms with Crippen LogP contribution >= 0.6 is 11.6 Å². The molecule has 3 aromatic rings. The van der Waals surface area contributed by atoms with Gasteiger partial charge in [-0.25, -0.2) is 4.98 Å². The summed E-state index contributed by atoms with van der Waals surface area (Å²) < 4.78 is 11.0. The molecule has 3 heterocycles. The van der Waals surface area contributed by atoms with E-state index in [-0.39, 0.29) is 11.7 Å². The number of rotatable bonds is 2. The van der Waals surface area contributed by atoms with E-state index in [4.69, 9.17) is 20.8 Å². The normalized spacial score (nSPS) is 14.1. The number of furan rings is 1. The number of aromatic amines is 1. The highest BCUT2D eigenvalue weighted by molar-refractivity contribution is 6.31. The Labute approximate surface area is 137 Å². The number of hydrogen-bond donors (Lipinski definition) is 1. The highest BCUT2D eigenvalue weighted by Gasteiger charge is 2.26. The number of amides is 1. The van der Waals surface area contributed by atoms with Gasteiger partial charge in [0, 0.05) is 29.4 Å². The van der Waals surface area contributed by atoms with Crippen LogP contribution in [0.1, 0.15) is 21.9 Å². The number of H-pyrrole nitrogens is 1. The van der Waals surface area contributed by atoms with E-state index in [0.29, 0.717) is 29.4 Å². The molecule has 0 saturated heterocycles. The minimum atomic E-state index is -0.153. The van der Waals surface area contributed by atoms with Crippen molar-refractivity contribution in [2.24, 2.45) is 0 Å². The largest absolute Gasteiger partial charge is 0.493 e. The SMILES string of the molecule is COc1cc(Cl)cc2cc(C(=O)N3CCc4nc[nH]c4C3)oc12. The molecule has 7 heteroatoms. The van der Waals surface area contributed by atoms with Gasteiger partial charge in [0.2, 0.25) is 0 Å².